The molecule has 1 N–H and O–H groups in total. The predicted molar refractivity (Wildman–Crippen MR) is 154 cm³/mol. The van der Waals surface area contributed by atoms with Gasteiger partial charge in [-0.05, 0) is 81.4 Å². The smallest absolute Gasteiger partial charge is 0.303 e. The number of nitrogens with zero attached hydrogens (tertiary/aromatic N) is 2. The summed E-state index contributed by atoms with van der Waals surface area (Å²) in [5, 5.41) is 8.80. The maximum Gasteiger partial charge on any atom is 0.303 e. The highest BCUT2D eigenvalue weighted by Gasteiger charge is 2.49. The minimum atomic E-state index is -0.885. The molecule has 2 aromatic carbocycles. The van der Waals surface area contributed by atoms with Crippen LogP contribution in [0.4, 0.5) is 0 Å². The van der Waals surface area contributed by atoms with E-state index in [2.05, 4.69) is 52.8 Å². The van der Waals surface area contributed by atoms with Gasteiger partial charge in [0.05, 0.1) is 0 Å². The molecule has 1 saturated carbocycles. The largest absolute Gasteiger partial charge is 0.481 e. The van der Waals surface area contributed by atoms with E-state index >= 15 is 0 Å². The second-order valence-corrected chi connectivity index (χ2v) is 12.5. The number of rotatable bonds is 9. The molecular formula is C33H42N2O4. The first kappa shape index (κ1) is 28.7. The van der Waals surface area contributed by atoms with Crippen LogP contribution in [0.2, 0.25) is 0 Å². The Morgan fingerprint density at radius 3 is 2.18 bits per heavy atom. The van der Waals surface area contributed by atoms with Crippen molar-refractivity contribution >= 4 is 23.4 Å². The van der Waals surface area contributed by atoms with E-state index in [4.69, 9.17) is 10.1 Å². The summed E-state index contributed by atoms with van der Waals surface area (Å²) in [4.78, 5) is 44.3. The third-order valence-electron chi connectivity index (χ3n) is 8.47. The first-order chi connectivity index (χ1) is 18.4. The van der Waals surface area contributed by atoms with Gasteiger partial charge in [0, 0.05) is 30.5 Å². The van der Waals surface area contributed by atoms with Crippen molar-refractivity contribution in [1.29, 1.82) is 0 Å². The summed E-state index contributed by atoms with van der Waals surface area (Å²) in [5.41, 5.74) is 5.14. The Balaban J connectivity index is 1.51. The summed E-state index contributed by atoms with van der Waals surface area (Å²) in [6.45, 7) is 11.6. The number of aliphatic carboxylic acids is 1. The Labute approximate surface area is 232 Å². The van der Waals surface area contributed by atoms with Crippen molar-refractivity contribution in [3.05, 3.63) is 70.3 Å². The van der Waals surface area contributed by atoms with Crippen LogP contribution < -0.4 is 0 Å². The lowest BCUT2D eigenvalue weighted by Crippen LogP contribution is -2.50. The molecule has 0 radical (unpaired) electrons. The zero-order valence-electron chi connectivity index (χ0n) is 24.0. The van der Waals surface area contributed by atoms with Crippen LogP contribution in [0.3, 0.4) is 0 Å². The average Bonchev–Trinajstić information content (AvgIpc) is 3.12. The zero-order valence-corrected chi connectivity index (χ0v) is 24.0. The average molecular weight is 531 g/mol. The highest BCUT2D eigenvalue weighted by Crippen LogP contribution is 2.46. The van der Waals surface area contributed by atoms with Crippen LogP contribution in [0.15, 0.2) is 47.5 Å². The highest BCUT2D eigenvalue weighted by atomic mass is 16.4. The first-order valence-corrected chi connectivity index (χ1v) is 14.2. The Bertz CT molecular complexity index is 1240. The van der Waals surface area contributed by atoms with Gasteiger partial charge in [-0.25, -0.2) is 0 Å². The molecule has 1 spiro atoms. The maximum atomic E-state index is 13.9. The Morgan fingerprint density at radius 1 is 1.00 bits per heavy atom. The molecule has 0 aromatic heterocycles. The molecule has 1 amide bonds. The number of carbonyl (C=O) groups is 3. The first-order valence-electron chi connectivity index (χ1n) is 14.2. The summed E-state index contributed by atoms with van der Waals surface area (Å²) in [7, 11) is 0. The lowest BCUT2D eigenvalue weighted by Gasteiger charge is -2.45. The van der Waals surface area contributed by atoms with Crippen molar-refractivity contribution in [3.63, 3.8) is 0 Å². The summed E-state index contributed by atoms with van der Waals surface area (Å²) in [6, 6.07) is 13.8. The lowest BCUT2D eigenvalue weighted by atomic mass is 9.69. The van der Waals surface area contributed by atoms with Gasteiger partial charge >= 0.3 is 5.97 Å². The van der Waals surface area contributed by atoms with Crippen molar-refractivity contribution in [2.75, 3.05) is 6.54 Å². The molecule has 1 heterocycles. The van der Waals surface area contributed by atoms with E-state index in [-0.39, 0.29) is 29.9 Å². The van der Waals surface area contributed by atoms with Gasteiger partial charge in [-0.1, -0.05) is 62.2 Å². The number of carboxylic acid groups (broad SMARTS) is 1. The van der Waals surface area contributed by atoms with E-state index in [9.17, 15) is 14.4 Å². The lowest BCUT2D eigenvalue weighted by molar-refractivity contribution is -0.137. The van der Waals surface area contributed by atoms with Gasteiger partial charge in [-0.15, -0.1) is 0 Å². The summed E-state index contributed by atoms with van der Waals surface area (Å²) >= 11 is 0. The molecule has 2 aromatic rings. The van der Waals surface area contributed by atoms with Crippen molar-refractivity contribution in [1.82, 2.24) is 4.90 Å². The number of hydrogen-bond donors (Lipinski definition) is 1. The molecule has 1 aliphatic carbocycles. The van der Waals surface area contributed by atoms with Crippen LogP contribution in [0.5, 0.6) is 0 Å². The highest BCUT2D eigenvalue weighted by molar-refractivity contribution is 6.46. The monoisotopic (exact) mass is 530 g/mol. The van der Waals surface area contributed by atoms with Gasteiger partial charge < -0.3 is 10.0 Å². The number of aryl methyl sites for hydroxylation is 2. The number of carbonyl (C=O) groups excluding carboxylic acids is 2. The normalized spacial score (nSPS) is 21.4. The number of amides is 1. The Hall–Kier alpha value is -3.28. The Kier molecular flexibility index (Phi) is 8.43. The molecule has 0 bridgehead atoms. The molecule has 0 unspecified atom stereocenters. The molecular weight excluding hydrogens is 488 g/mol. The molecule has 1 fully saturated rings. The molecule has 2 aliphatic rings. The minimum absolute atomic E-state index is 0.00187. The second kappa shape index (κ2) is 11.4. The van der Waals surface area contributed by atoms with Crippen molar-refractivity contribution in [3.8, 4) is 0 Å². The molecule has 208 valence electrons. The van der Waals surface area contributed by atoms with E-state index < -0.39 is 11.6 Å². The van der Waals surface area contributed by atoms with Crippen LogP contribution in [-0.2, 0) is 16.0 Å². The number of ketones is 1. The number of Topliss-reactive ketones (excluding diaryl/α,β-unsaturated/α-hetero) is 1. The van der Waals surface area contributed by atoms with Gasteiger partial charge in [0.2, 0.25) is 0 Å². The molecule has 4 rings (SSSR count). The van der Waals surface area contributed by atoms with Crippen molar-refractivity contribution in [2.45, 2.75) is 91.6 Å². The fourth-order valence-corrected chi connectivity index (χ4v) is 6.21. The van der Waals surface area contributed by atoms with Crippen molar-refractivity contribution < 1.29 is 19.5 Å². The van der Waals surface area contributed by atoms with Crippen LogP contribution in [0, 0.1) is 25.2 Å². The number of benzene rings is 2. The van der Waals surface area contributed by atoms with E-state index in [1.807, 2.05) is 29.2 Å². The standard InChI is InChI=1S/C33H42N2O4/c1-22-19-23(2)21-26(20-22)30-31(39)35(33(34-30)16-13-27(14-17-33)32(3,4)5)18-15-24-9-11-25(12-10-24)28(36)7-6-8-29(37)38/h9-12,19-21,27H,6-8,13-18H2,1-5H3,(H,37,38). The molecule has 0 atom stereocenters. The quantitative estimate of drug-likeness (QED) is 0.373. The van der Waals surface area contributed by atoms with Crippen LogP contribution in [-0.4, -0.2) is 45.6 Å². The zero-order chi connectivity index (χ0) is 28.4. The van der Waals surface area contributed by atoms with Gasteiger partial charge in [-0.3, -0.25) is 19.4 Å². The van der Waals surface area contributed by atoms with Crippen LogP contribution >= 0.6 is 0 Å². The SMILES string of the molecule is Cc1cc(C)cc(C2=NC3(CCC(C(C)(C)C)CC3)N(CCc3ccc(C(=O)CCCC(=O)O)cc3)C2=O)c1. The van der Waals surface area contributed by atoms with Crippen LogP contribution in [0.1, 0.15) is 98.3 Å². The van der Waals surface area contributed by atoms with E-state index in [0.717, 1.165) is 47.9 Å². The predicted octanol–water partition coefficient (Wildman–Crippen LogP) is 6.55. The van der Waals surface area contributed by atoms with Gasteiger partial charge in [0.15, 0.2) is 5.78 Å². The molecule has 39 heavy (non-hydrogen) atoms. The third kappa shape index (κ3) is 6.66. The number of hydrogen-bond acceptors (Lipinski definition) is 4. The molecule has 0 saturated heterocycles. The minimum Gasteiger partial charge on any atom is -0.481 e. The van der Waals surface area contributed by atoms with Crippen LogP contribution in [0.25, 0.3) is 0 Å². The summed E-state index contributed by atoms with van der Waals surface area (Å²) in [5.74, 6) is -0.303. The number of aliphatic imine (C=N–C) groups is 1. The van der Waals surface area contributed by atoms with E-state index in [1.165, 1.54) is 0 Å². The topological polar surface area (TPSA) is 87.0 Å². The van der Waals surface area contributed by atoms with E-state index in [0.29, 0.717) is 36.6 Å². The summed E-state index contributed by atoms with van der Waals surface area (Å²) < 4.78 is 0. The maximum absolute atomic E-state index is 13.9. The fraction of sp³-hybridized carbons (Fsp3) is 0.515. The van der Waals surface area contributed by atoms with E-state index in [1.54, 1.807) is 0 Å². The van der Waals surface area contributed by atoms with Gasteiger partial charge in [0.25, 0.3) is 5.91 Å². The third-order valence-corrected chi connectivity index (χ3v) is 8.47. The van der Waals surface area contributed by atoms with Gasteiger partial charge in [-0.2, -0.15) is 0 Å². The fourth-order valence-electron chi connectivity index (χ4n) is 6.21. The van der Waals surface area contributed by atoms with Gasteiger partial charge in [0.1, 0.15) is 11.4 Å². The molecule has 6 nitrogen and oxygen atoms in total. The summed E-state index contributed by atoms with van der Waals surface area (Å²) in [6.07, 6.45) is 5.10. The Morgan fingerprint density at radius 2 is 1.62 bits per heavy atom. The second-order valence-electron chi connectivity index (χ2n) is 12.5. The molecule has 1 aliphatic heterocycles. The van der Waals surface area contributed by atoms with Crippen molar-refractivity contribution in [2.24, 2.45) is 16.3 Å². The number of carboxylic acids is 1. The molecule has 6 heteroatoms.